The first-order valence-electron chi connectivity index (χ1n) is 24.8. The molecule has 0 saturated heterocycles. The fourth-order valence-corrected chi connectivity index (χ4v) is 11.8. The van der Waals surface area contributed by atoms with E-state index in [2.05, 4.69) is 221 Å². The number of nitriles is 1. The SMILES string of the molecule is CC#N.COc1c(C)cc(-c2c3ccccc3cc3ccccc23)cc1C(c1cc(-c2c3ccccc3cc3ccccc23)cc(C)c1OC)c1cc(-c2c3ccccc3cc3ccccc23)cc(C)c1OC. The second-order valence-corrected chi connectivity index (χ2v) is 19.0. The van der Waals surface area contributed by atoms with Crippen molar-refractivity contribution in [2.45, 2.75) is 33.6 Å². The van der Waals surface area contributed by atoms with E-state index in [1.807, 2.05) is 0 Å². The zero-order valence-electron chi connectivity index (χ0n) is 42.3. The summed E-state index contributed by atoms with van der Waals surface area (Å²) in [5.74, 6) is 2.01. The van der Waals surface area contributed by atoms with Crippen LogP contribution in [0.5, 0.6) is 17.2 Å². The van der Waals surface area contributed by atoms with E-state index in [1.54, 1.807) is 27.4 Å². The van der Waals surface area contributed by atoms with Crippen molar-refractivity contribution in [1.82, 2.24) is 0 Å². The Balaban J connectivity index is 0.00000187. The fraction of sp³-hybridized carbons (Fsp3) is 0.116. The molecule has 0 aliphatic carbocycles. The summed E-state index contributed by atoms with van der Waals surface area (Å²) in [6.07, 6.45) is 0. The van der Waals surface area contributed by atoms with E-state index in [1.165, 1.54) is 88.2 Å². The van der Waals surface area contributed by atoms with Crippen LogP contribution in [0.2, 0.25) is 0 Å². The van der Waals surface area contributed by atoms with Crippen molar-refractivity contribution in [3.63, 3.8) is 0 Å². The summed E-state index contributed by atoms with van der Waals surface area (Å²) in [4.78, 5) is 0. The first-order chi connectivity index (χ1) is 35.7. The lowest BCUT2D eigenvalue weighted by molar-refractivity contribution is 0.393. The molecule has 0 radical (unpaired) electrons. The Morgan fingerprint density at radius 3 is 0.740 bits per heavy atom. The lowest BCUT2D eigenvalue weighted by Crippen LogP contribution is -2.12. The number of fused-ring (bicyclic) bond motifs is 6. The fourth-order valence-electron chi connectivity index (χ4n) is 11.8. The Hall–Kier alpha value is -8.91. The molecule has 0 aromatic heterocycles. The van der Waals surface area contributed by atoms with Gasteiger partial charge in [0.05, 0.1) is 27.4 Å². The number of hydrogen-bond donors (Lipinski definition) is 0. The average Bonchev–Trinajstić information content (AvgIpc) is 3.41. The maximum Gasteiger partial charge on any atom is 0.125 e. The molecule has 0 spiro atoms. The monoisotopic (exact) mass is 945 g/mol. The number of ether oxygens (including phenoxy) is 3. The molecule has 4 heteroatoms. The second kappa shape index (κ2) is 19.4. The van der Waals surface area contributed by atoms with Gasteiger partial charge in [0.15, 0.2) is 0 Å². The highest BCUT2D eigenvalue weighted by molar-refractivity contribution is 6.15. The van der Waals surface area contributed by atoms with Crippen LogP contribution in [0.15, 0.2) is 200 Å². The van der Waals surface area contributed by atoms with Crippen LogP contribution in [-0.4, -0.2) is 21.3 Å². The molecule has 0 N–H and O–H groups in total. The number of methoxy groups -OCH3 is 3. The third-order valence-corrected chi connectivity index (χ3v) is 14.6. The molecule has 4 nitrogen and oxygen atoms in total. The van der Waals surface area contributed by atoms with Crippen molar-refractivity contribution in [2.24, 2.45) is 0 Å². The minimum atomic E-state index is -0.445. The predicted molar refractivity (Wildman–Crippen MR) is 307 cm³/mol. The number of aryl methyl sites for hydroxylation is 3. The van der Waals surface area contributed by atoms with Gasteiger partial charge in [-0.2, -0.15) is 5.26 Å². The van der Waals surface area contributed by atoms with Gasteiger partial charge in [-0.1, -0.05) is 146 Å². The minimum absolute atomic E-state index is 0.445. The molecule has 0 fully saturated rings. The summed E-state index contributed by atoms with van der Waals surface area (Å²) in [6, 6.07) is 75.2. The lowest BCUT2D eigenvalue weighted by Gasteiger charge is -2.29. The molecule has 0 saturated carbocycles. The third-order valence-electron chi connectivity index (χ3n) is 14.6. The highest BCUT2D eigenvalue weighted by Gasteiger charge is 2.32. The van der Waals surface area contributed by atoms with Crippen molar-refractivity contribution in [1.29, 1.82) is 5.26 Å². The summed E-state index contributed by atoms with van der Waals surface area (Å²) >= 11 is 0. The van der Waals surface area contributed by atoms with E-state index in [-0.39, 0.29) is 0 Å². The number of hydrogen-bond acceptors (Lipinski definition) is 4. The maximum absolute atomic E-state index is 7.32. The zero-order chi connectivity index (χ0) is 50.3. The number of benzene rings is 12. The van der Waals surface area contributed by atoms with E-state index in [0.29, 0.717) is 0 Å². The van der Waals surface area contributed by atoms with Gasteiger partial charge >= 0.3 is 0 Å². The van der Waals surface area contributed by atoms with Gasteiger partial charge in [-0.3, -0.25) is 0 Å². The Bertz CT molecular complexity index is 3600. The van der Waals surface area contributed by atoms with Crippen molar-refractivity contribution < 1.29 is 14.2 Å². The largest absolute Gasteiger partial charge is 0.496 e. The van der Waals surface area contributed by atoms with E-state index in [4.69, 9.17) is 19.5 Å². The van der Waals surface area contributed by atoms with Gasteiger partial charge in [0.1, 0.15) is 17.2 Å². The highest BCUT2D eigenvalue weighted by Crippen LogP contribution is 2.52. The Morgan fingerprint density at radius 2 is 0.534 bits per heavy atom. The summed E-state index contributed by atoms with van der Waals surface area (Å²) in [5.41, 5.74) is 13.1. The van der Waals surface area contributed by atoms with Crippen LogP contribution in [0.3, 0.4) is 0 Å². The molecule has 0 unspecified atom stereocenters. The minimum Gasteiger partial charge on any atom is -0.496 e. The van der Waals surface area contributed by atoms with Gasteiger partial charge in [0, 0.05) is 29.5 Å². The molecule has 12 aromatic carbocycles. The van der Waals surface area contributed by atoms with E-state index in [9.17, 15) is 0 Å². The smallest absolute Gasteiger partial charge is 0.125 e. The Kier molecular flexibility index (Phi) is 12.3. The molecule has 0 aliphatic heterocycles. The summed E-state index contributed by atoms with van der Waals surface area (Å²) < 4.78 is 20.0. The molecule has 0 bridgehead atoms. The average molecular weight is 946 g/mol. The van der Waals surface area contributed by atoms with Crippen molar-refractivity contribution >= 4 is 64.6 Å². The van der Waals surface area contributed by atoms with Crippen LogP contribution in [-0.2, 0) is 0 Å². The first-order valence-corrected chi connectivity index (χ1v) is 24.8. The highest BCUT2D eigenvalue weighted by atomic mass is 16.5. The van der Waals surface area contributed by atoms with Crippen molar-refractivity contribution in [3.05, 3.63) is 234 Å². The Morgan fingerprint density at radius 1 is 0.329 bits per heavy atom. The van der Waals surface area contributed by atoms with E-state index >= 15 is 0 Å². The van der Waals surface area contributed by atoms with Gasteiger partial charge < -0.3 is 14.2 Å². The van der Waals surface area contributed by atoms with Gasteiger partial charge in [-0.15, -0.1) is 0 Å². The molecule has 0 aliphatic rings. The van der Waals surface area contributed by atoms with Gasteiger partial charge in [0.2, 0.25) is 0 Å². The number of rotatable bonds is 9. The summed E-state index contributed by atoms with van der Waals surface area (Å²) in [6.45, 7) is 7.97. The number of nitrogens with zero attached hydrogens (tertiary/aromatic N) is 1. The zero-order valence-corrected chi connectivity index (χ0v) is 42.3. The van der Waals surface area contributed by atoms with Crippen LogP contribution in [0.25, 0.3) is 98.0 Å². The first kappa shape index (κ1) is 46.5. The lowest BCUT2D eigenvalue weighted by atomic mass is 9.77. The normalized spacial score (nSPS) is 11.3. The molecule has 0 atom stereocenters. The molecule has 73 heavy (non-hydrogen) atoms. The molecule has 12 rings (SSSR count). The van der Waals surface area contributed by atoms with Crippen LogP contribution >= 0.6 is 0 Å². The molecule has 0 amide bonds. The van der Waals surface area contributed by atoms with Crippen molar-refractivity contribution in [3.8, 4) is 56.7 Å². The Labute approximate surface area is 427 Å². The third kappa shape index (κ3) is 8.04. The molecular weight excluding hydrogens is 891 g/mol. The second-order valence-electron chi connectivity index (χ2n) is 19.0. The van der Waals surface area contributed by atoms with Crippen LogP contribution in [0.1, 0.15) is 46.2 Å². The predicted octanol–water partition coefficient (Wildman–Crippen LogP) is 18.3. The van der Waals surface area contributed by atoms with E-state index < -0.39 is 5.92 Å². The quantitative estimate of drug-likeness (QED) is 0.107. The van der Waals surface area contributed by atoms with Gasteiger partial charge in [-0.05, 0) is 190 Å². The summed E-state index contributed by atoms with van der Waals surface area (Å²) in [5, 5.41) is 21.7. The molecule has 354 valence electrons. The molecular formula is C69H55NO3. The summed E-state index contributed by atoms with van der Waals surface area (Å²) in [7, 11) is 5.41. The van der Waals surface area contributed by atoms with Gasteiger partial charge in [0.25, 0.3) is 0 Å². The van der Waals surface area contributed by atoms with Crippen molar-refractivity contribution in [2.75, 3.05) is 21.3 Å². The maximum atomic E-state index is 7.32. The van der Waals surface area contributed by atoms with Crippen LogP contribution < -0.4 is 14.2 Å². The molecule has 0 heterocycles. The van der Waals surface area contributed by atoms with Gasteiger partial charge in [-0.25, -0.2) is 0 Å². The standard InChI is InChI=1S/C67H52O3.C2H3N/c1-40-31-49(61-52-25-13-7-19-43(52)34-44-20-8-14-26-53(44)61)37-58(65(40)68-4)64(59-38-50(32-41(2)66(59)69-5)62-54-27-15-9-21-45(54)35-46-22-10-16-28-55(46)62)60-39-51(33-42(3)67(60)70-6)63-56-29-17-11-23-47(56)36-48-24-12-18-30-57(48)63;1-2-3/h7-39,64H,1-6H3;1H3. The molecule has 12 aromatic rings. The van der Waals surface area contributed by atoms with Crippen LogP contribution in [0, 0.1) is 32.1 Å². The van der Waals surface area contributed by atoms with E-state index in [0.717, 1.165) is 67.3 Å². The topological polar surface area (TPSA) is 51.5 Å². The van der Waals surface area contributed by atoms with Crippen LogP contribution in [0.4, 0.5) is 0 Å².